The molecule has 1 aromatic carbocycles. The zero-order chi connectivity index (χ0) is 14.4. The summed E-state index contributed by atoms with van der Waals surface area (Å²) in [6.45, 7) is 2.12. The van der Waals surface area contributed by atoms with Crippen LogP contribution in [-0.4, -0.2) is 11.9 Å². The van der Waals surface area contributed by atoms with Crippen LogP contribution in [0.4, 0.5) is 0 Å². The zero-order valence-electron chi connectivity index (χ0n) is 12.1. The van der Waals surface area contributed by atoms with Crippen molar-refractivity contribution in [2.24, 2.45) is 5.73 Å². The highest BCUT2D eigenvalue weighted by Gasteiger charge is 2.22. The average Bonchev–Trinajstić information content (AvgIpc) is 3.07. The number of rotatable bonds is 2. The van der Waals surface area contributed by atoms with Gasteiger partial charge in [-0.2, -0.15) is 11.8 Å². The largest absolute Gasteiger partial charge is 0.490 e. The van der Waals surface area contributed by atoms with Crippen molar-refractivity contribution in [2.45, 2.75) is 37.7 Å². The summed E-state index contributed by atoms with van der Waals surface area (Å²) >= 11 is 3.93. The first-order chi connectivity index (χ1) is 10.2. The van der Waals surface area contributed by atoms with Gasteiger partial charge in [-0.25, -0.2) is 0 Å². The standard InChI is InChI=1S/C17H19NOS2/c1-10-6-12-7-11(2-3-14(12)19-10)17(18)16-8-13-9-20-5-4-15(13)21-16/h2-3,7-8,10,17H,4-6,9,18H2,1H3. The van der Waals surface area contributed by atoms with Gasteiger partial charge in [0.1, 0.15) is 11.9 Å². The Bertz CT molecular complexity index is 656. The summed E-state index contributed by atoms with van der Waals surface area (Å²) in [4.78, 5) is 2.84. The van der Waals surface area contributed by atoms with Crippen LogP contribution in [0.25, 0.3) is 0 Å². The molecular weight excluding hydrogens is 298 g/mol. The Kier molecular flexibility index (Phi) is 3.48. The minimum atomic E-state index is -0.00759. The highest BCUT2D eigenvalue weighted by atomic mass is 32.2. The van der Waals surface area contributed by atoms with Crippen LogP contribution in [0, 0.1) is 0 Å². The molecule has 0 bridgehead atoms. The fourth-order valence-corrected chi connectivity index (χ4v) is 5.53. The van der Waals surface area contributed by atoms with Gasteiger partial charge >= 0.3 is 0 Å². The van der Waals surface area contributed by atoms with E-state index in [2.05, 4.69) is 31.2 Å². The maximum Gasteiger partial charge on any atom is 0.123 e. The predicted molar refractivity (Wildman–Crippen MR) is 90.5 cm³/mol. The molecule has 1 aromatic heterocycles. The van der Waals surface area contributed by atoms with E-state index in [1.165, 1.54) is 38.6 Å². The molecule has 2 nitrogen and oxygen atoms in total. The molecule has 4 heteroatoms. The number of ether oxygens (including phenoxy) is 1. The van der Waals surface area contributed by atoms with Gasteiger partial charge in [0.2, 0.25) is 0 Å². The van der Waals surface area contributed by atoms with Crippen molar-refractivity contribution in [3.8, 4) is 5.75 Å². The van der Waals surface area contributed by atoms with Gasteiger partial charge in [0, 0.05) is 21.9 Å². The number of benzene rings is 1. The first-order valence-electron chi connectivity index (χ1n) is 7.45. The summed E-state index contributed by atoms with van der Waals surface area (Å²) in [5, 5.41) is 0. The average molecular weight is 317 g/mol. The number of thioether (sulfide) groups is 1. The van der Waals surface area contributed by atoms with Crippen LogP contribution in [0.15, 0.2) is 24.3 Å². The van der Waals surface area contributed by atoms with Gasteiger partial charge in [0.15, 0.2) is 0 Å². The summed E-state index contributed by atoms with van der Waals surface area (Å²) in [5.74, 6) is 3.42. The number of hydrogen-bond acceptors (Lipinski definition) is 4. The minimum Gasteiger partial charge on any atom is -0.490 e. The third-order valence-electron chi connectivity index (χ3n) is 4.23. The van der Waals surface area contributed by atoms with Gasteiger partial charge in [-0.15, -0.1) is 11.3 Å². The Morgan fingerprint density at radius 3 is 3.05 bits per heavy atom. The first kappa shape index (κ1) is 13.7. The third-order valence-corrected chi connectivity index (χ3v) is 6.56. The Hall–Kier alpha value is -0.970. The summed E-state index contributed by atoms with van der Waals surface area (Å²) in [6.07, 6.45) is 2.48. The van der Waals surface area contributed by atoms with E-state index < -0.39 is 0 Å². The molecule has 0 aliphatic carbocycles. The van der Waals surface area contributed by atoms with Crippen LogP contribution in [0.2, 0.25) is 0 Å². The molecule has 0 saturated heterocycles. The van der Waals surface area contributed by atoms with Crippen molar-refractivity contribution in [1.29, 1.82) is 0 Å². The molecule has 110 valence electrons. The van der Waals surface area contributed by atoms with E-state index in [9.17, 15) is 0 Å². The Labute approximate surface area is 133 Å². The second kappa shape index (κ2) is 5.34. The molecule has 2 unspecified atom stereocenters. The van der Waals surface area contributed by atoms with Crippen molar-refractivity contribution in [1.82, 2.24) is 0 Å². The topological polar surface area (TPSA) is 35.2 Å². The SMILES string of the molecule is CC1Cc2cc(C(N)c3cc4c(s3)CCSC4)ccc2O1. The van der Waals surface area contributed by atoms with E-state index >= 15 is 0 Å². The number of thiophene rings is 1. The molecule has 0 radical (unpaired) electrons. The second-order valence-corrected chi connectivity index (χ2v) is 8.15. The molecule has 0 spiro atoms. The Morgan fingerprint density at radius 2 is 2.19 bits per heavy atom. The van der Waals surface area contributed by atoms with Crippen LogP contribution in [0.1, 0.15) is 39.4 Å². The van der Waals surface area contributed by atoms with Crippen molar-refractivity contribution in [3.05, 3.63) is 50.7 Å². The molecule has 3 heterocycles. The molecule has 0 fully saturated rings. The number of hydrogen-bond donors (Lipinski definition) is 1. The highest BCUT2D eigenvalue weighted by molar-refractivity contribution is 7.98. The van der Waals surface area contributed by atoms with E-state index in [4.69, 9.17) is 10.5 Å². The van der Waals surface area contributed by atoms with Gasteiger partial charge < -0.3 is 10.5 Å². The molecule has 0 saturated carbocycles. The van der Waals surface area contributed by atoms with E-state index in [0.717, 1.165) is 17.9 Å². The van der Waals surface area contributed by atoms with Crippen LogP contribution < -0.4 is 10.5 Å². The van der Waals surface area contributed by atoms with Crippen LogP contribution in [-0.2, 0) is 18.6 Å². The van der Waals surface area contributed by atoms with Crippen molar-refractivity contribution >= 4 is 23.1 Å². The predicted octanol–water partition coefficient (Wildman–Crippen LogP) is 3.91. The van der Waals surface area contributed by atoms with Gasteiger partial charge in [-0.05, 0) is 47.9 Å². The van der Waals surface area contributed by atoms with Gasteiger partial charge in [-0.1, -0.05) is 12.1 Å². The lowest BCUT2D eigenvalue weighted by Gasteiger charge is -2.11. The molecule has 0 amide bonds. The molecule has 2 N–H and O–H groups in total. The van der Waals surface area contributed by atoms with Crippen LogP contribution in [0.5, 0.6) is 5.75 Å². The highest BCUT2D eigenvalue weighted by Crippen LogP contribution is 2.37. The quantitative estimate of drug-likeness (QED) is 0.912. The summed E-state index contributed by atoms with van der Waals surface area (Å²) in [7, 11) is 0. The summed E-state index contributed by atoms with van der Waals surface area (Å²) in [5.41, 5.74) is 10.5. The molecule has 2 atom stereocenters. The maximum atomic E-state index is 6.52. The minimum absolute atomic E-state index is 0.00759. The monoisotopic (exact) mass is 317 g/mol. The van der Waals surface area contributed by atoms with Crippen molar-refractivity contribution in [3.63, 3.8) is 0 Å². The normalized spacial score (nSPS) is 21.5. The fraction of sp³-hybridized carbons (Fsp3) is 0.412. The molecular formula is C17H19NOS2. The molecule has 4 rings (SSSR count). The Morgan fingerprint density at radius 1 is 1.29 bits per heavy atom. The molecule has 21 heavy (non-hydrogen) atoms. The van der Waals surface area contributed by atoms with Crippen molar-refractivity contribution in [2.75, 3.05) is 5.75 Å². The zero-order valence-corrected chi connectivity index (χ0v) is 13.7. The number of nitrogens with two attached hydrogens (primary N) is 1. The smallest absolute Gasteiger partial charge is 0.123 e. The summed E-state index contributed by atoms with van der Waals surface area (Å²) < 4.78 is 5.77. The molecule has 2 aromatic rings. The van der Waals surface area contributed by atoms with E-state index in [0.29, 0.717) is 0 Å². The number of fused-ring (bicyclic) bond motifs is 2. The van der Waals surface area contributed by atoms with Gasteiger partial charge in [0.05, 0.1) is 6.04 Å². The lowest BCUT2D eigenvalue weighted by molar-refractivity contribution is 0.254. The number of aryl methyl sites for hydroxylation is 1. The Balaban J connectivity index is 1.64. The van der Waals surface area contributed by atoms with Gasteiger partial charge in [-0.3, -0.25) is 0 Å². The second-order valence-electron chi connectivity index (χ2n) is 5.88. The van der Waals surface area contributed by atoms with E-state index in [1.807, 2.05) is 23.1 Å². The van der Waals surface area contributed by atoms with Crippen LogP contribution in [0.3, 0.4) is 0 Å². The lowest BCUT2D eigenvalue weighted by Crippen LogP contribution is -2.10. The first-order valence-corrected chi connectivity index (χ1v) is 9.42. The van der Waals surface area contributed by atoms with Gasteiger partial charge in [0.25, 0.3) is 0 Å². The van der Waals surface area contributed by atoms with Crippen molar-refractivity contribution < 1.29 is 4.74 Å². The third kappa shape index (κ3) is 2.50. The molecule has 2 aliphatic rings. The maximum absolute atomic E-state index is 6.52. The molecule has 2 aliphatic heterocycles. The van der Waals surface area contributed by atoms with Crippen LogP contribution >= 0.6 is 23.1 Å². The fourth-order valence-electron chi connectivity index (χ4n) is 3.12. The summed E-state index contributed by atoms with van der Waals surface area (Å²) in [6, 6.07) is 8.75. The lowest BCUT2D eigenvalue weighted by atomic mass is 10.0. The van der Waals surface area contributed by atoms with E-state index in [-0.39, 0.29) is 12.1 Å². The van der Waals surface area contributed by atoms with E-state index in [1.54, 1.807) is 0 Å².